The van der Waals surface area contributed by atoms with Crippen molar-refractivity contribution in [3.63, 3.8) is 0 Å². The second-order valence-corrected chi connectivity index (χ2v) is 6.44. The van der Waals surface area contributed by atoms with Gasteiger partial charge >= 0.3 is 0 Å². The topological polar surface area (TPSA) is 46.3 Å². The van der Waals surface area contributed by atoms with E-state index in [-0.39, 0.29) is 10.9 Å². The predicted molar refractivity (Wildman–Crippen MR) is 90.2 cm³/mol. The Kier molecular flexibility index (Phi) is 5.74. The molecule has 1 aromatic carbocycles. The largest absolute Gasteiger partial charge is 0.392 e. The average molecular weight is 304 g/mol. The summed E-state index contributed by atoms with van der Waals surface area (Å²) in [7, 11) is 1.87. The van der Waals surface area contributed by atoms with Crippen molar-refractivity contribution in [3.05, 3.63) is 35.9 Å². The van der Waals surface area contributed by atoms with E-state index in [1.54, 1.807) is 0 Å². The number of carbonyl (C=O) groups is 1. The van der Waals surface area contributed by atoms with Gasteiger partial charge in [-0.15, -0.1) is 0 Å². The summed E-state index contributed by atoms with van der Waals surface area (Å²) in [5.74, 6) is 0.129. The molecule has 21 heavy (non-hydrogen) atoms. The first-order valence-electron chi connectivity index (χ1n) is 7.69. The molecule has 3 nitrogen and oxygen atoms in total. The zero-order valence-corrected chi connectivity index (χ0v) is 13.4. The minimum absolute atomic E-state index is 0.0132. The molecule has 114 valence electrons. The second-order valence-electron chi connectivity index (χ2n) is 5.97. The summed E-state index contributed by atoms with van der Waals surface area (Å²) in [4.78, 5) is 14.8. The number of benzene rings is 1. The van der Waals surface area contributed by atoms with Gasteiger partial charge in [0.25, 0.3) is 0 Å². The maximum Gasteiger partial charge on any atom is 0.236 e. The quantitative estimate of drug-likeness (QED) is 0.850. The summed E-state index contributed by atoms with van der Waals surface area (Å²) in [6.45, 7) is 0.810. The minimum Gasteiger partial charge on any atom is -0.392 e. The third kappa shape index (κ3) is 4.27. The Labute approximate surface area is 132 Å². The van der Waals surface area contributed by atoms with Crippen LogP contribution in [0, 0.1) is 5.92 Å². The molecule has 1 aliphatic carbocycles. The molecule has 1 aromatic rings. The van der Waals surface area contributed by atoms with Crippen LogP contribution in [-0.2, 0) is 4.79 Å². The highest BCUT2D eigenvalue weighted by atomic mass is 32.1. The normalized spacial score (nSPS) is 17.2. The summed E-state index contributed by atoms with van der Waals surface area (Å²) in [6, 6.07) is 9.58. The molecule has 0 aliphatic heterocycles. The standard InChI is InChI=1S/C17H24N2OS/c1-19(12-13-8-4-2-5-9-13)17(20)15(16(18)21)14-10-6-3-7-11-14/h3,6-7,10-11,13,15H,2,4-5,8-9,12H2,1H3,(H2,18,21). The van der Waals surface area contributed by atoms with Crippen molar-refractivity contribution >= 4 is 23.1 Å². The van der Waals surface area contributed by atoms with E-state index in [1.165, 1.54) is 32.1 Å². The lowest BCUT2D eigenvalue weighted by Gasteiger charge is -2.29. The van der Waals surface area contributed by atoms with Crippen LogP contribution in [0.25, 0.3) is 0 Å². The highest BCUT2D eigenvalue weighted by molar-refractivity contribution is 7.80. The maximum absolute atomic E-state index is 12.7. The Bertz CT molecular complexity index is 483. The van der Waals surface area contributed by atoms with E-state index in [4.69, 9.17) is 18.0 Å². The van der Waals surface area contributed by atoms with Crippen molar-refractivity contribution < 1.29 is 4.79 Å². The summed E-state index contributed by atoms with van der Waals surface area (Å²) >= 11 is 5.13. The lowest BCUT2D eigenvalue weighted by molar-refractivity contribution is -0.130. The highest BCUT2D eigenvalue weighted by Gasteiger charge is 2.28. The first kappa shape index (κ1) is 16.0. The summed E-state index contributed by atoms with van der Waals surface area (Å²) in [5, 5.41) is 0. The molecular formula is C17H24N2OS. The molecule has 2 N–H and O–H groups in total. The summed E-state index contributed by atoms with van der Waals surface area (Å²) in [5.41, 5.74) is 6.70. The first-order chi connectivity index (χ1) is 10.1. The third-order valence-corrected chi connectivity index (χ3v) is 4.53. The molecule has 1 amide bonds. The van der Waals surface area contributed by atoms with Gasteiger partial charge in [0.2, 0.25) is 5.91 Å². The van der Waals surface area contributed by atoms with Crippen LogP contribution in [0.2, 0.25) is 0 Å². The van der Waals surface area contributed by atoms with E-state index in [0.29, 0.717) is 5.92 Å². The minimum atomic E-state index is -0.505. The molecule has 0 spiro atoms. The van der Waals surface area contributed by atoms with Gasteiger partial charge in [0, 0.05) is 13.6 Å². The van der Waals surface area contributed by atoms with Gasteiger partial charge in [0.1, 0.15) is 5.92 Å². The van der Waals surface area contributed by atoms with Crippen LogP contribution in [0.15, 0.2) is 30.3 Å². The van der Waals surface area contributed by atoms with Crippen LogP contribution >= 0.6 is 12.2 Å². The molecule has 1 saturated carbocycles. The van der Waals surface area contributed by atoms with Crippen LogP contribution in [0.1, 0.15) is 43.6 Å². The smallest absolute Gasteiger partial charge is 0.236 e. The fraction of sp³-hybridized carbons (Fsp3) is 0.529. The van der Waals surface area contributed by atoms with Crippen molar-refractivity contribution in [2.24, 2.45) is 11.7 Å². The number of carbonyl (C=O) groups excluding carboxylic acids is 1. The van der Waals surface area contributed by atoms with Crippen LogP contribution in [-0.4, -0.2) is 29.4 Å². The number of amides is 1. The van der Waals surface area contributed by atoms with E-state index >= 15 is 0 Å². The number of hydrogen-bond donors (Lipinski definition) is 1. The van der Waals surface area contributed by atoms with Crippen molar-refractivity contribution in [1.29, 1.82) is 0 Å². The molecule has 1 unspecified atom stereocenters. The van der Waals surface area contributed by atoms with Crippen LogP contribution in [0.3, 0.4) is 0 Å². The number of nitrogens with two attached hydrogens (primary N) is 1. The maximum atomic E-state index is 12.7. The Hall–Kier alpha value is -1.42. The lowest BCUT2D eigenvalue weighted by atomic mass is 9.88. The van der Waals surface area contributed by atoms with Crippen molar-refractivity contribution in [2.75, 3.05) is 13.6 Å². The van der Waals surface area contributed by atoms with Crippen LogP contribution in [0.4, 0.5) is 0 Å². The SMILES string of the molecule is CN(CC1CCCCC1)C(=O)C(C(N)=S)c1ccccc1. The van der Waals surface area contributed by atoms with Gasteiger partial charge in [-0.25, -0.2) is 0 Å². The Morgan fingerprint density at radius 2 is 1.90 bits per heavy atom. The number of nitrogens with zero attached hydrogens (tertiary/aromatic N) is 1. The molecule has 2 rings (SSSR count). The molecule has 4 heteroatoms. The van der Waals surface area contributed by atoms with Crippen LogP contribution in [0.5, 0.6) is 0 Å². The van der Waals surface area contributed by atoms with E-state index in [0.717, 1.165) is 12.1 Å². The van der Waals surface area contributed by atoms with Gasteiger partial charge in [0.15, 0.2) is 0 Å². The fourth-order valence-electron chi connectivity index (χ4n) is 3.14. The van der Waals surface area contributed by atoms with Gasteiger partial charge in [-0.1, -0.05) is 61.8 Å². The summed E-state index contributed by atoms with van der Waals surface area (Å²) in [6.07, 6.45) is 6.34. The summed E-state index contributed by atoms with van der Waals surface area (Å²) < 4.78 is 0. The Morgan fingerprint density at radius 1 is 1.29 bits per heavy atom. The molecule has 0 heterocycles. The van der Waals surface area contributed by atoms with Crippen molar-refractivity contribution in [3.8, 4) is 0 Å². The van der Waals surface area contributed by atoms with Gasteiger partial charge in [0.05, 0.1) is 4.99 Å². The number of thiocarbonyl (C=S) groups is 1. The van der Waals surface area contributed by atoms with Gasteiger partial charge in [-0.2, -0.15) is 0 Å². The number of hydrogen-bond acceptors (Lipinski definition) is 2. The monoisotopic (exact) mass is 304 g/mol. The molecule has 1 fully saturated rings. The van der Waals surface area contributed by atoms with E-state index < -0.39 is 5.92 Å². The van der Waals surface area contributed by atoms with Gasteiger partial charge in [-0.05, 0) is 24.3 Å². The second kappa shape index (κ2) is 7.55. The molecule has 1 atom stereocenters. The number of likely N-dealkylation sites (N-methyl/N-ethyl adjacent to an activating group) is 1. The van der Waals surface area contributed by atoms with E-state index in [1.807, 2.05) is 42.3 Å². The van der Waals surface area contributed by atoms with Gasteiger partial charge in [-0.3, -0.25) is 4.79 Å². The molecule has 0 bridgehead atoms. The third-order valence-electron chi connectivity index (χ3n) is 4.30. The molecule has 0 saturated heterocycles. The van der Waals surface area contributed by atoms with Crippen molar-refractivity contribution in [1.82, 2.24) is 4.90 Å². The zero-order chi connectivity index (χ0) is 15.2. The number of rotatable bonds is 5. The molecule has 0 radical (unpaired) electrons. The van der Waals surface area contributed by atoms with E-state index in [9.17, 15) is 4.79 Å². The lowest BCUT2D eigenvalue weighted by Crippen LogP contribution is -2.40. The van der Waals surface area contributed by atoms with E-state index in [2.05, 4.69) is 0 Å². The molecule has 0 aromatic heterocycles. The fourth-order valence-corrected chi connectivity index (χ4v) is 3.38. The average Bonchev–Trinajstić information content (AvgIpc) is 2.49. The Morgan fingerprint density at radius 3 is 2.48 bits per heavy atom. The predicted octanol–water partition coefficient (Wildman–Crippen LogP) is 3.10. The Balaban J connectivity index is 2.05. The van der Waals surface area contributed by atoms with Gasteiger partial charge < -0.3 is 10.6 Å². The highest BCUT2D eigenvalue weighted by Crippen LogP contribution is 2.25. The zero-order valence-electron chi connectivity index (χ0n) is 12.6. The van der Waals surface area contributed by atoms with Crippen LogP contribution < -0.4 is 5.73 Å². The molecular weight excluding hydrogens is 280 g/mol. The first-order valence-corrected chi connectivity index (χ1v) is 8.09. The van der Waals surface area contributed by atoms with Crippen molar-refractivity contribution in [2.45, 2.75) is 38.0 Å². The molecule has 1 aliphatic rings.